The second-order valence-corrected chi connectivity index (χ2v) is 7.26. The minimum atomic E-state index is -0.831. The van der Waals surface area contributed by atoms with E-state index in [4.69, 9.17) is 18.9 Å². The molecule has 27 heavy (non-hydrogen) atoms. The highest BCUT2D eigenvalue weighted by Gasteiger charge is 2.33. The van der Waals surface area contributed by atoms with E-state index in [1.807, 2.05) is 6.08 Å². The third-order valence-corrected chi connectivity index (χ3v) is 5.04. The number of unbranched alkanes of at least 4 members (excludes halogenated alkanes) is 1. The molecule has 6 heteroatoms. The van der Waals surface area contributed by atoms with E-state index >= 15 is 0 Å². The van der Waals surface area contributed by atoms with Crippen LogP contribution < -0.4 is 0 Å². The molecule has 3 rings (SSSR count). The normalized spacial score (nSPS) is 28.8. The SMILES string of the molecule is C=CCCC[C@H]1CO[C@H]([C@H]2CO[C@H](CCc3ccc(F)c(F)c3)OC2)OC1. The zero-order chi connectivity index (χ0) is 19.1. The van der Waals surface area contributed by atoms with E-state index in [1.165, 1.54) is 6.07 Å². The first kappa shape index (κ1) is 20.4. The molecule has 1 aromatic rings. The number of rotatable bonds is 8. The van der Waals surface area contributed by atoms with Gasteiger partial charge in [0.05, 0.1) is 32.3 Å². The largest absolute Gasteiger partial charge is 0.352 e. The second-order valence-electron chi connectivity index (χ2n) is 7.26. The smallest absolute Gasteiger partial charge is 0.164 e. The van der Waals surface area contributed by atoms with E-state index in [9.17, 15) is 8.78 Å². The maximum atomic E-state index is 13.2. The van der Waals surface area contributed by atoms with Gasteiger partial charge in [0.25, 0.3) is 0 Å². The topological polar surface area (TPSA) is 36.9 Å². The van der Waals surface area contributed by atoms with Gasteiger partial charge in [-0.3, -0.25) is 0 Å². The number of hydrogen-bond donors (Lipinski definition) is 0. The van der Waals surface area contributed by atoms with Gasteiger partial charge in [-0.1, -0.05) is 12.1 Å². The molecule has 0 unspecified atom stereocenters. The standard InChI is InChI=1S/C21H28F2O4/c1-2-3-4-5-16-11-26-21(27-12-16)17-13-24-20(25-14-17)9-7-15-6-8-18(22)19(23)10-15/h2,6,8,10,16-17,20-21H,1,3-5,7,9,11-14H2/t16-,17-,20-,21-. The number of halogens is 2. The Morgan fingerprint density at radius 3 is 2.37 bits per heavy atom. The lowest BCUT2D eigenvalue weighted by molar-refractivity contribution is -0.281. The molecule has 0 N–H and O–H groups in total. The van der Waals surface area contributed by atoms with Crippen LogP contribution in [0.2, 0.25) is 0 Å². The van der Waals surface area contributed by atoms with Crippen LogP contribution in [0.1, 0.15) is 31.2 Å². The molecule has 2 heterocycles. The van der Waals surface area contributed by atoms with E-state index in [0.29, 0.717) is 45.2 Å². The van der Waals surface area contributed by atoms with Crippen molar-refractivity contribution in [2.24, 2.45) is 11.8 Å². The van der Waals surface area contributed by atoms with Crippen LogP contribution in [0.25, 0.3) is 0 Å². The third kappa shape index (κ3) is 6.07. The first-order valence-corrected chi connectivity index (χ1v) is 9.67. The van der Waals surface area contributed by atoms with Crippen LogP contribution in [-0.2, 0) is 25.4 Å². The van der Waals surface area contributed by atoms with Crippen molar-refractivity contribution < 1.29 is 27.7 Å². The number of hydrogen-bond acceptors (Lipinski definition) is 4. The molecule has 2 aliphatic heterocycles. The molecule has 0 bridgehead atoms. The highest BCUT2D eigenvalue weighted by Crippen LogP contribution is 2.25. The predicted octanol–water partition coefficient (Wildman–Crippen LogP) is 4.23. The molecule has 0 saturated carbocycles. The van der Waals surface area contributed by atoms with Crippen molar-refractivity contribution in [2.45, 2.75) is 44.7 Å². The molecule has 0 aliphatic carbocycles. The summed E-state index contributed by atoms with van der Waals surface area (Å²) in [6.07, 6.45) is 5.69. The quantitative estimate of drug-likeness (QED) is 0.498. The van der Waals surface area contributed by atoms with Gasteiger partial charge < -0.3 is 18.9 Å². The third-order valence-electron chi connectivity index (χ3n) is 5.04. The van der Waals surface area contributed by atoms with Gasteiger partial charge in [-0.05, 0) is 43.4 Å². The number of ether oxygens (including phenoxy) is 4. The predicted molar refractivity (Wildman–Crippen MR) is 97.1 cm³/mol. The fraction of sp³-hybridized carbons (Fsp3) is 0.619. The Balaban J connectivity index is 1.34. The summed E-state index contributed by atoms with van der Waals surface area (Å²) >= 11 is 0. The average Bonchev–Trinajstić information content (AvgIpc) is 2.70. The van der Waals surface area contributed by atoms with Crippen LogP contribution >= 0.6 is 0 Å². The molecular weight excluding hydrogens is 354 g/mol. The Kier molecular flexibility index (Phi) is 7.76. The summed E-state index contributed by atoms with van der Waals surface area (Å²) in [5.41, 5.74) is 0.727. The van der Waals surface area contributed by atoms with Gasteiger partial charge in [0.1, 0.15) is 0 Å². The first-order chi connectivity index (χ1) is 13.2. The summed E-state index contributed by atoms with van der Waals surface area (Å²) in [7, 11) is 0. The molecule has 0 aromatic heterocycles. The molecule has 1 aromatic carbocycles. The first-order valence-electron chi connectivity index (χ1n) is 9.67. The van der Waals surface area contributed by atoms with Gasteiger partial charge >= 0.3 is 0 Å². The molecule has 0 atom stereocenters. The lowest BCUT2D eigenvalue weighted by atomic mass is 10.0. The van der Waals surface area contributed by atoms with E-state index < -0.39 is 11.6 Å². The Hall–Kier alpha value is -1.34. The lowest BCUT2D eigenvalue weighted by Crippen LogP contribution is -2.44. The van der Waals surface area contributed by atoms with Gasteiger partial charge in [0.2, 0.25) is 0 Å². The highest BCUT2D eigenvalue weighted by atomic mass is 19.2. The summed E-state index contributed by atoms with van der Waals surface area (Å²) in [5, 5.41) is 0. The maximum absolute atomic E-state index is 13.2. The van der Waals surface area contributed by atoms with Crippen molar-refractivity contribution in [1.29, 1.82) is 0 Å². The molecule has 150 valence electrons. The molecule has 0 radical (unpaired) electrons. The van der Waals surface area contributed by atoms with Crippen molar-refractivity contribution in [3.05, 3.63) is 48.1 Å². The van der Waals surface area contributed by atoms with Crippen molar-refractivity contribution in [3.8, 4) is 0 Å². The number of benzene rings is 1. The van der Waals surface area contributed by atoms with Crippen molar-refractivity contribution in [3.63, 3.8) is 0 Å². The monoisotopic (exact) mass is 382 g/mol. The molecule has 4 nitrogen and oxygen atoms in total. The average molecular weight is 382 g/mol. The molecule has 2 fully saturated rings. The maximum Gasteiger partial charge on any atom is 0.164 e. The fourth-order valence-corrected chi connectivity index (χ4v) is 3.41. The minimum Gasteiger partial charge on any atom is -0.352 e. The summed E-state index contributed by atoms with van der Waals surface area (Å²) in [6.45, 7) is 6.17. The van der Waals surface area contributed by atoms with Crippen molar-refractivity contribution in [2.75, 3.05) is 26.4 Å². The van der Waals surface area contributed by atoms with Crippen LogP contribution in [-0.4, -0.2) is 39.0 Å². The Morgan fingerprint density at radius 2 is 1.70 bits per heavy atom. The minimum absolute atomic E-state index is 0.0543. The van der Waals surface area contributed by atoms with Crippen LogP contribution in [0.5, 0.6) is 0 Å². The van der Waals surface area contributed by atoms with E-state index in [1.54, 1.807) is 6.07 Å². The Bertz CT molecular complexity index is 594. The number of allylic oxidation sites excluding steroid dienone is 1. The van der Waals surface area contributed by atoms with Crippen LogP contribution in [0.4, 0.5) is 8.78 Å². The Labute approximate surface area is 159 Å². The highest BCUT2D eigenvalue weighted by molar-refractivity contribution is 5.17. The zero-order valence-corrected chi connectivity index (χ0v) is 15.6. The fourth-order valence-electron chi connectivity index (χ4n) is 3.41. The molecule has 2 saturated heterocycles. The van der Waals surface area contributed by atoms with Gasteiger partial charge in [0, 0.05) is 12.3 Å². The molecule has 0 amide bonds. The van der Waals surface area contributed by atoms with Gasteiger partial charge in [-0.25, -0.2) is 8.78 Å². The number of aryl methyl sites for hydroxylation is 1. The van der Waals surface area contributed by atoms with Gasteiger partial charge in [0.15, 0.2) is 24.2 Å². The van der Waals surface area contributed by atoms with Gasteiger partial charge in [-0.2, -0.15) is 0 Å². The van der Waals surface area contributed by atoms with E-state index in [-0.39, 0.29) is 18.5 Å². The molecule has 2 aliphatic rings. The Morgan fingerprint density at radius 1 is 0.963 bits per heavy atom. The summed E-state index contributed by atoms with van der Waals surface area (Å²) in [4.78, 5) is 0. The van der Waals surface area contributed by atoms with Crippen molar-refractivity contribution >= 4 is 0 Å². The zero-order valence-electron chi connectivity index (χ0n) is 15.6. The van der Waals surface area contributed by atoms with Crippen LogP contribution in [0, 0.1) is 23.5 Å². The van der Waals surface area contributed by atoms with Crippen molar-refractivity contribution in [1.82, 2.24) is 0 Å². The molecular formula is C21H28F2O4. The van der Waals surface area contributed by atoms with E-state index in [2.05, 4.69) is 6.58 Å². The van der Waals surface area contributed by atoms with E-state index in [0.717, 1.165) is 30.9 Å². The molecule has 0 spiro atoms. The lowest BCUT2D eigenvalue weighted by Gasteiger charge is -2.37. The summed E-state index contributed by atoms with van der Waals surface area (Å²) in [5.74, 6) is -1.16. The summed E-state index contributed by atoms with van der Waals surface area (Å²) < 4.78 is 49.5. The second kappa shape index (κ2) is 10.3. The van der Waals surface area contributed by atoms with Crippen LogP contribution in [0.3, 0.4) is 0 Å². The summed E-state index contributed by atoms with van der Waals surface area (Å²) in [6, 6.07) is 3.95. The van der Waals surface area contributed by atoms with Gasteiger partial charge in [-0.15, -0.1) is 6.58 Å². The van der Waals surface area contributed by atoms with Crippen LogP contribution in [0.15, 0.2) is 30.9 Å².